The lowest BCUT2D eigenvalue weighted by Crippen LogP contribution is -2.41. The van der Waals surface area contributed by atoms with Gasteiger partial charge in [-0.15, -0.1) is 0 Å². The van der Waals surface area contributed by atoms with Crippen LogP contribution in [0.2, 0.25) is 5.02 Å². The summed E-state index contributed by atoms with van der Waals surface area (Å²) in [6, 6.07) is 22.9. The molecule has 1 aliphatic heterocycles. The van der Waals surface area contributed by atoms with Gasteiger partial charge in [0.05, 0.1) is 29.0 Å². The number of nitrogens with zero attached hydrogens (tertiary/aromatic N) is 1. The number of rotatable bonds is 4. The van der Waals surface area contributed by atoms with Crippen LogP contribution in [-0.4, -0.2) is 35.8 Å². The molecule has 1 saturated heterocycles. The SMILES string of the molecule is O=C(OCCN1C(=O)[C@@H]2C3c4ccccc4C(c4ccccc43)[C@@H]2C1=O)c1ccccc1Cl. The highest BCUT2D eigenvalue weighted by molar-refractivity contribution is 6.33. The minimum absolute atomic E-state index is 0.0347. The first-order valence-corrected chi connectivity index (χ1v) is 11.4. The number of halogens is 1. The van der Waals surface area contributed by atoms with E-state index in [9.17, 15) is 14.4 Å². The third-order valence-corrected chi connectivity index (χ3v) is 7.51. The van der Waals surface area contributed by atoms with Crippen LogP contribution in [0.25, 0.3) is 0 Å². The summed E-state index contributed by atoms with van der Waals surface area (Å²) in [4.78, 5) is 40.7. The summed E-state index contributed by atoms with van der Waals surface area (Å²) in [6.07, 6.45) is 0. The Hall–Kier alpha value is -3.44. The van der Waals surface area contributed by atoms with E-state index in [1.807, 2.05) is 24.3 Å². The third kappa shape index (κ3) is 2.89. The van der Waals surface area contributed by atoms with E-state index >= 15 is 0 Å². The number of imide groups is 1. The van der Waals surface area contributed by atoms with E-state index in [0.717, 1.165) is 22.3 Å². The smallest absolute Gasteiger partial charge is 0.339 e. The minimum Gasteiger partial charge on any atom is -0.460 e. The van der Waals surface area contributed by atoms with Gasteiger partial charge in [-0.25, -0.2) is 4.79 Å². The van der Waals surface area contributed by atoms with Crippen LogP contribution in [-0.2, 0) is 14.3 Å². The zero-order valence-corrected chi connectivity index (χ0v) is 18.4. The van der Waals surface area contributed by atoms with Gasteiger partial charge >= 0.3 is 5.97 Å². The monoisotopic (exact) mass is 457 g/mol. The Morgan fingerprint density at radius 1 is 0.758 bits per heavy atom. The lowest BCUT2D eigenvalue weighted by atomic mass is 9.55. The number of carbonyl (C=O) groups is 3. The van der Waals surface area contributed by atoms with Gasteiger partial charge in [0, 0.05) is 11.8 Å². The van der Waals surface area contributed by atoms with Crippen LogP contribution in [0.4, 0.5) is 0 Å². The highest BCUT2D eigenvalue weighted by Crippen LogP contribution is 2.60. The van der Waals surface area contributed by atoms with Gasteiger partial charge < -0.3 is 4.74 Å². The van der Waals surface area contributed by atoms with Gasteiger partial charge in [0.2, 0.25) is 11.8 Å². The fraction of sp³-hybridized carbons (Fsp3) is 0.222. The van der Waals surface area contributed by atoms with E-state index in [1.54, 1.807) is 24.3 Å². The third-order valence-electron chi connectivity index (χ3n) is 7.18. The molecule has 7 rings (SSSR count). The molecule has 0 aromatic heterocycles. The second kappa shape index (κ2) is 7.56. The maximum Gasteiger partial charge on any atom is 0.339 e. The second-order valence-corrected chi connectivity index (χ2v) is 9.12. The molecule has 164 valence electrons. The first-order chi connectivity index (χ1) is 16.1. The van der Waals surface area contributed by atoms with Crippen molar-refractivity contribution in [1.82, 2.24) is 4.90 Å². The quantitative estimate of drug-likeness (QED) is 0.430. The van der Waals surface area contributed by atoms with E-state index in [4.69, 9.17) is 16.3 Å². The number of benzene rings is 3. The molecule has 0 saturated carbocycles. The summed E-state index contributed by atoms with van der Waals surface area (Å²) in [6.45, 7) is -0.0385. The molecule has 0 spiro atoms. The summed E-state index contributed by atoms with van der Waals surface area (Å²) in [5, 5.41) is 0.300. The number of likely N-dealkylation sites (tertiary alicyclic amines) is 1. The fourth-order valence-electron chi connectivity index (χ4n) is 5.89. The Balaban J connectivity index is 1.27. The molecular weight excluding hydrogens is 438 g/mol. The standard InChI is InChI=1S/C27H20ClNO4/c28-20-12-6-5-11-19(20)27(32)33-14-13-29-25(30)23-21-15-7-1-2-8-16(15)22(24(23)26(29)31)18-10-4-3-9-17(18)21/h1-12,21-24H,13-14H2/t21?,22?,23-,24+. The molecule has 0 N–H and O–H groups in total. The first-order valence-electron chi connectivity index (χ1n) is 11.0. The average Bonchev–Trinajstić information content (AvgIpc) is 3.09. The van der Waals surface area contributed by atoms with Gasteiger partial charge in [0.25, 0.3) is 0 Å². The van der Waals surface area contributed by atoms with Gasteiger partial charge in [-0.05, 0) is 34.4 Å². The van der Waals surface area contributed by atoms with E-state index in [1.165, 1.54) is 4.90 Å². The lowest BCUT2D eigenvalue weighted by molar-refractivity contribution is -0.140. The summed E-state index contributed by atoms with van der Waals surface area (Å²) in [5.74, 6) is -2.07. The summed E-state index contributed by atoms with van der Waals surface area (Å²) >= 11 is 6.06. The van der Waals surface area contributed by atoms with E-state index in [2.05, 4.69) is 24.3 Å². The molecule has 0 radical (unpaired) electrons. The highest BCUT2D eigenvalue weighted by Gasteiger charge is 2.61. The fourth-order valence-corrected chi connectivity index (χ4v) is 6.11. The largest absolute Gasteiger partial charge is 0.460 e. The molecule has 6 heteroatoms. The van der Waals surface area contributed by atoms with Crippen molar-refractivity contribution in [1.29, 1.82) is 0 Å². The summed E-state index contributed by atoms with van der Waals surface area (Å²) in [7, 11) is 0. The van der Waals surface area contributed by atoms with Crippen molar-refractivity contribution in [2.45, 2.75) is 11.8 Å². The molecule has 1 fully saturated rings. The second-order valence-electron chi connectivity index (χ2n) is 8.71. The van der Waals surface area contributed by atoms with Crippen LogP contribution in [0.3, 0.4) is 0 Å². The molecular formula is C27H20ClNO4. The number of carbonyl (C=O) groups excluding carboxylic acids is 3. The molecule has 5 nitrogen and oxygen atoms in total. The Bertz CT molecular complexity index is 1200. The van der Waals surface area contributed by atoms with E-state index in [-0.39, 0.29) is 42.4 Å². The normalized spacial score (nSPS) is 24.3. The highest BCUT2D eigenvalue weighted by atomic mass is 35.5. The van der Waals surface area contributed by atoms with E-state index in [0.29, 0.717) is 5.02 Å². The molecule has 3 aromatic rings. The van der Waals surface area contributed by atoms with Gasteiger partial charge in [0.1, 0.15) is 6.61 Å². The average molecular weight is 458 g/mol. The first kappa shape index (κ1) is 20.2. The van der Waals surface area contributed by atoms with Crippen LogP contribution in [0.15, 0.2) is 72.8 Å². The number of hydrogen-bond acceptors (Lipinski definition) is 4. The van der Waals surface area contributed by atoms with Crippen molar-refractivity contribution in [3.63, 3.8) is 0 Å². The lowest BCUT2D eigenvalue weighted by Gasteiger charge is -2.45. The summed E-state index contributed by atoms with van der Waals surface area (Å²) < 4.78 is 5.34. The molecule has 3 aliphatic carbocycles. The van der Waals surface area contributed by atoms with Crippen molar-refractivity contribution < 1.29 is 19.1 Å². The van der Waals surface area contributed by atoms with Gasteiger partial charge in [-0.1, -0.05) is 72.3 Å². The molecule has 3 aromatic carbocycles. The molecule has 2 atom stereocenters. The Kier molecular flexibility index (Phi) is 4.63. The van der Waals surface area contributed by atoms with Crippen LogP contribution >= 0.6 is 11.6 Å². The maximum absolute atomic E-state index is 13.5. The Morgan fingerprint density at radius 3 is 1.70 bits per heavy atom. The molecule has 2 bridgehead atoms. The molecule has 0 unspecified atom stereocenters. The van der Waals surface area contributed by atoms with Gasteiger partial charge in [0.15, 0.2) is 0 Å². The molecule has 1 heterocycles. The minimum atomic E-state index is -0.572. The van der Waals surface area contributed by atoms with Crippen molar-refractivity contribution in [2.24, 2.45) is 11.8 Å². The number of esters is 1. The Labute approximate surface area is 195 Å². The summed E-state index contributed by atoms with van der Waals surface area (Å²) in [5.41, 5.74) is 4.80. The molecule has 33 heavy (non-hydrogen) atoms. The van der Waals surface area contributed by atoms with Crippen molar-refractivity contribution in [3.8, 4) is 0 Å². The van der Waals surface area contributed by atoms with Crippen molar-refractivity contribution in [3.05, 3.63) is 106 Å². The van der Waals surface area contributed by atoms with Gasteiger partial charge in [-0.3, -0.25) is 14.5 Å². The molecule has 2 amide bonds. The van der Waals surface area contributed by atoms with Crippen LogP contribution < -0.4 is 0 Å². The zero-order chi connectivity index (χ0) is 22.7. The maximum atomic E-state index is 13.5. The number of amides is 2. The van der Waals surface area contributed by atoms with Crippen LogP contribution in [0.5, 0.6) is 0 Å². The topological polar surface area (TPSA) is 63.7 Å². The van der Waals surface area contributed by atoms with Crippen molar-refractivity contribution in [2.75, 3.05) is 13.2 Å². The number of ether oxygens (including phenoxy) is 1. The zero-order valence-electron chi connectivity index (χ0n) is 17.6. The van der Waals surface area contributed by atoms with Gasteiger partial charge in [-0.2, -0.15) is 0 Å². The van der Waals surface area contributed by atoms with Crippen LogP contribution in [0.1, 0.15) is 44.4 Å². The van der Waals surface area contributed by atoms with E-state index < -0.39 is 17.8 Å². The predicted octanol–water partition coefficient (Wildman–Crippen LogP) is 4.39. The van der Waals surface area contributed by atoms with Crippen molar-refractivity contribution >= 4 is 29.4 Å². The number of hydrogen-bond donors (Lipinski definition) is 0. The Morgan fingerprint density at radius 2 is 1.21 bits per heavy atom. The predicted molar refractivity (Wildman–Crippen MR) is 122 cm³/mol. The van der Waals surface area contributed by atoms with Crippen LogP contribution in [0, 0.1) is 11.8 Å². The molecule has 4 aliphatic rings.